The predicted octanol–water partition coefficient (Wildman–Crippen LogP) is 3.85. The molecule has 0 atom stereocenters. The Labute approximate surface area is 143 Å². The van der Waals surface area contributed by atoms with Gasteiger partial charge in [0.25, 0.3) is 5.91 Å². The lowest BCUT2D eigenvalue weighted by molar-refractivity contribution is -0.113. The van der Waals surface area contributed by atoms with Crippen LogP contribution in [0.5, 0.6) is 5.75 Å². The fourth-order valence-electron chi connectivity index (χ4n) is 1.98. The fraction of sp³-hybridized carbons (Fsp3) is 0.0588. The van der Waals surface area contributed by atoms with Crippen molar-refractivity contribution in [3.05, 3.63) is 69.6 Å². The molecule has 1 aliphatic rings. The number of carbonyl (C=O) groups excluding carboxylic acids is 1. The minimum Gasteiger partial charge on any atom is -0.489 e. The second-order valence-electron chi connectivity index (χ2n) is 4.85. The molecule has 3 rings (SSSR count). The fourth-order valence-corrected chi connectivity index (χ4v) is 2.79. The van der Waals surface area contributed by atoms with Crippen molar-refractivity contribution in [3.63, 3.8) is 0 Å². The lowest BCUT2D eigenvalue weighted by Gasteiger charge is -2.06. The molecule has 0 aromatic heterocycles. The van der Waals surface area contributed by atoms with Crippen LogP contribution in [0.1, 0.15) is 11.1 Å². The Morgan fingerprint density at radius 2 is 1.83 bits per heavy atom. The van der Waals surface area contributed by atoms with Gasteiger partial charge in [-0.05, 0) is 53.2 Å². The Bertz CT molecular complexity index is 783. The van der Waals surface area contributed by atoms with Crippen LogP contribution in [0.15, 0.2) is 58.4 Å². The van der Waals surface area contributed by atoms with Crippen LogP contribution in [0, 0.1) is 0 Å². The Hall–Kier alpha value is -2.24. The molecule has 1 aliphatic heterocycles. The van der Waals surface area contributed by atoms with Gasteiger partial charge < -0.3 is 10.5 Å². The Balaban J connectivity index is 1.62. The molecule has 1 amide bonds. The smallest absolute Gasteiger partial charge is 0.286 e. The highest BCUT2D eigenvalue weighted by molar-refractivity contribution is 8.18. The van der Waals surface area contributed by atoms with E-state index in [1.54, 1.807) is 6.08 Å². The van der Waals surface area contributed by atoms with E-state index in [9.17, 15) is 4.79 Å². The van der Waals surface area contributed by atoms with E-state index in [-0.39, 0.29) is 11.1 Å². The van der Waals surface area contributed by atoms with Crippen LogP contribution < -0.4 is 10.5 Å². The average molecular weight is 345 g/mol. The first-order chi connectivity index (χ1) is 11.1. The number of hydrogen-bond acceptors (Lipinski definition) is 4. The number of amides is 1. The maximum absolute atomic E-state index is 11.5. The summed E-state index contributed by atoms with van der Waals surface area (Å²) in [5.74, 6) is 0.457. The van der Waals surface area contributed by atoms with Gasteiger partial charge in [0.1, 0.15) is 12.4 Å². The Morgan fingerprint density at radius 3 is 2.43 bits per heavy atom. The number of aliphatic imine (C=N–C) groups is 1. The predicted molar refractivity (Wildman–Crippen MR) is 94.4 cm³/mol. The number of ether oxygens (including phenoxy) is 1. The highest BCUT2D eigenvalue weighted by Crippen LogP contribution is 2.27. The van der Waals surface area contributed by atoms with Gasteiger partial charge in [0.15, 0.2) is 5.17 Å². The van der Waals surface area contributed by atoms with E-state index in [1.165, 1.54) is 11.8 Å². The largest absolute Gasteiger partial charge is 0.489 e. The molecular weight excluding hydrogens is 332 g/mol. The molecule has 4 nitrogen and oxygen atoms in total. The maximum atomic E-state index is 11.5. The van der Waals surface area contributed by atoms with Crippen LogP contribution in [0.3, 0.4) is 0 Å². The van der Waals surface area contributed by atoms with Gasteiger partial charge >= 0.3 is 0 Å². The minimum absolute atomic E-state index is 0.282. The molecule has 23 heavy (non-hydrogen) atoms. The van der Waals surface area contributed by atoms with Crippen molar-refractivity contribution in [3.8, 4) is 5.75 Å². The van der Waals surface area contributed by atoms with E-state index in [1.807, 2.05) is 48.5 Å². The minimum atomic E-state index is -0.296. The number of benzene rings is 2. The number of nitrogens with zero attached hydrogens (tertiary/aromatic N) is 1. The van der Waals surface area contributed by atoms with E-state index in [0.29, 0.717) is 16.5 Å². The van der Waals surface area contributed by atoms with Crippen molar-refractivity contribution in [2.45, 2.75) is 6.61 Å². The topological polar surface area (TPSA) is 64.7 Å². The normalized spacial score (nSPS) is 15.8. The van der Waals surface area contributed by atoms with Crippen molar-refractivity contribution in [2.24, 2.45) is 10.7 Å². The summed E-state index contributed by atoms with van der Waals surface area (Å²) in [4.78, 5) is 15.7. The molecule has 2 aromatic carbocycles. The van der Waals surface area contributed by atoms with E-state index < -0.39 is 0 Å². The first kappa shape index (κ1) is 15.6. The van der Waals surface area contributed by atoms with Gasteiger partial charge in [-0.15, -0.1) is 0 Å². The van der Waals surface area contributed by atoms with Crippen LogP contribution >= 0.6 is 23.4 Å². The molecule has 0 saturated carbocycles. The standard InChI is InChI=1S/C17H13ClN2O2S/c18-13-5-1-12(2-6-13)10-22-14-7-3-11(4-8-14)9-15-16(21)20-17(19)23-15/h1-9H,10H2,(H2,19,20,21). The van der Waals surface area contributed by atoms with Gasteiger partial charge in [-0.2, -0.15) is 4.99 Å². The summed E-state index contributed by atoms with van der Waals surface area (Å²) in [6.45, 7) is 0.469. The zero-order chi connectivity index (χ0) is 16.2. The molecule has 0 fully saturated rings. The molecule has 0 aliphatic carbocycles. The first-order valence-electron chi connectivity index (χ1n) is 6.85. The number of nitrogens with two attached hydrogens (primary N) is 1. The highest BCUT2D eigenvalue weighted by atomic mass is 35.5. The van der Waals surface area contributed by atoms with Gasteiger partial charge in [-0.1, -0.05) is 35.9 Å². The van der Waals surface area contributed by atoms with Crippen molar-refractivity contribution in [2.75, 3.05) is 0 Å². The molecule has 1 heterocycles. The molecule has 0 bridgehead atoms. The number of halogens is 1. The van der Waals surface area contributed by atoms with Crippen LogP contribution in [-0.4, -0.2) is 11.1 Å². The lowest BCUT2D eigenvalue weighted by Crippen LogP contribution is -2.01. The average Bonchev–Trinajstić information content (AvgIpc) is 2.86. The lowest BCUT2D eigenvalue weighted by atomic mass is 10.2. The molecule has 0 saturated heterocycles. The van der Waals surface area contributed by atoms with Crippen molar-refractivity contribution in [1.29, 1.82) is 0 Å². The van der Waals surface area contributed by atoms with Crippen LogP contribution in [0.2, 0.25) is 5.02 Å². The third-order valence-electron chi connectivity index (χ3n) is 3.13. The van der Waals surface area contributed by atoms with E-state index in [4.69, 9.17) is 22.1 Å². The monoisotopic (exact) mass is 344 g/mol. The zero-order valence-electron chi connectivity index (χ0n) is 12.0. The van der Waals surface area contributed by atoms with Crippen LogP contribution in [-0.2, 0) is 11.4 Å². The second kappa shape index (κ2) is 6.89. The molecule has 2 N–H and O–H groups in total. The van der Waals surface area contributed by atoms with Gasteiger partial charge in [0, 0.05) is 5.02 Å². The third-order valence-corrected chi connectivity index (χ3v) is 4.20. The summed E-state index contributed by atoms with van der Waals surface area (Å²) >= 11 is 7.03. The summed E-state index contributed by atoms with van der Waals surface area (Å²) in [7, 11) is 0. The molecule has 0 radical (unpaired) electrons. The maximum Gasteiger partial charge on any atom is 0.286 e. The summed E-state index contributed by atoms with van der Waals surface area (Å²) in [6.07, 6.45) is 1.76. The van der Waals surface area contributed by atoms with Gasteiger partial charge in [-0.25, -0.2) is 0 Å². The SMILES string of the molecule is NC1=NC(=O)C(=Cc2ccc(OCc3ccc(Cl)cc3)cc2)S1. The van der Waals surface area contributed by atoms with Gasteiger partial charge in [0.05, 0.1) is 4.91 Å². The summed E-state index contributed by atoms with van der Waals surface area (Å²) in [5.41, 5.74) is 7.46. The van der Waals surface area contributed by atoms with E-state index >= 15 is 0 Å². The molecule has 0 spiro atoms. The number of rotatable bonds is 4. The summed E-state index contributed by atoms with van der Waals surface area (Å²) in [6, 6.07) is 15.0. The highest BCUT2D eigenvalue weighted by Gasteiger charge is 2.19. The molecule has 6 heteroatoms. The van der Waals surface area contributed by atoms with Crippen molar-refractivity contribution in [1.82, 2.24) is 0 Å². The number of carbonyl (C=O) groups is 1. The van der Waals surface area contributed by atoms with Crippen LogP contribution in [0.4, 0.5) is 0 Å². The second-order valence-corrected chi connectivity index (χ2v) is 6.35. The van der Waals surface area contributed by atoms with Crippen molar-refractivity contribution < 1.29 is 9.53 Å². The van der Waals surface area contributed by atoms with E-state index in [2.05, 4.69) is 4.99 Å². The Kier molecular flexibility index (Phi) is 4.69. The summed E-state index contributed by atoms with van der Waals surface area (Å²) in [5, 5.41) is 0.985. The Morgan fingerprint density at radius 1 is 1.13 bits per heavy atom. The first-order valence-corrected chi connectivity index (χ1v) is 8.05. The third kappa shape index (κ3) is 4.15. The summed E-state index contributed by atoms with van der Waals surface area (Å²) < 4.78 is 5.72. The van der Waals surface area contributed by atoms with E-state index in [0.717, 1.165) is 16.9 Å². The number of thioether (sulfide) groups is 1. The van der Waals surface area contributed by atoms with Gasteiger partial charge in [-0.3, -0.25) is 4.79 Å². The molecule has 116 valence electrons. The molecule has 0 unspecified atom stereocenters. The van der Waals surface area contributed by atoms with Crippen molar-refractivity contribution >= 4 is 40.5 Å². The number of hydrogen-bond donors (Lipinski definition) is 1. The molecular formula is C17H13ClN2O2S. The zero-order valence-corrected chi connectivity index (χ0v) is 13.6. The quantitative estimate of drug-likeness (QED) is 0.856. The van der Waals surface area contributed by atoms with Crippen LogP contribution in [0.25, 0.3) is 6.08 Å². The van der Waals surface area contributed by atoms with Gasteiger partial charge in [0.2, 0.25) is 0 Å². The molecule has 2 aromatic rings. The number of amidine groups is 1.